The molecule has 5 rings (SSSR count). The Morgan fingerprint density at radius 3 is 2.45 bits per heavy atom. The van der Waals surface area contributed by atoms with Crippen molar-refractivity contribution in [2.24, 2.45) is 14.1 Å². The second-order valence-electron chi connectivity index (χ2n) is 7.54. The van der Waals surface area contributed by atoms with Crippen LogP contribution >= 0.6 is 0 Å². The van der Waals surface area contributed by atoms with Crippen molar-refractivity contribution in [1.29, 1.82) is 0 Å². The molecule has 0 spiro atoms. The second-order valence-corrected chi connectivity index (χ2v) is 7.54. The number of fused-ring (bicyclic) bond motifs is 2. The number of para-hydroxylation sites is 1. The minimum absolute atomic E-state index is 0.228. The van der Waals surface area contributed by atoms with E-state index < -0.39 is 11.2 Å². The molecule has 0 atom stereocenters. The largest absolute Gasteiger partial charge is 0.332 e. The van der Waals surface area contributed by atoms with Crippen LogP contribution in [0.25, 0.3) is 33.3 Å². The predicted octanol–water partition coefficient (Wildman–Crippen LogP) is 2.49. The second kappa shape index (κ2) is 7.79. The molecule has 0 radical (unpaired) electrons. The highest BCUT2D eigenvalue weighted by atomic mass is 16.2. The Morgan fingerprint density at radius 1 is 0.879 bits per heavy atom. The van der Waals surface area contributed by atoms with Crippen molar-refractivity contribution in [2.45, 2.75) is 0 Å². The molecule has 0 aliphatic carbocycles. The zero-order valence-corrected chi connectivity index (χ0v) is 17.8. The normalized spacial score (nSPS) is 11.1. The lowest BCUT2D eigenvalue weighted by Crippen LogP contribution is -2.37. The highest BCUT2D eigenvalue weighted by Gasteiger charge is 2.16. The number of pyridine rings is 3. The van der Waals surface area contributed by atoms with E-state index in [2.05, 4.69) is 20.3 Å². The molecule has 162 valence electrons. The van der Waals surface area contributed by atoms with Gasteiger partial charge in [0.05, 0.1) is 39.7 Å². The maximum absolute atomic E-state index is 13.3. The maximum atomic E-state index is 13.3. The quantitative estimate of drug-likeness (QED) is 0.463. The monoisotopic (exact) mass is 438 g/mol. The first-order chi connectivity index (χ1) is 15.9. The van der Waals surface area contributed by atoms with Gasteiger partial charge in [0, 0.05) is 25.7 Å². The third kappa shape index (κ3) is 3.45. The van der Waals surface area contributed by atoms with Crippen LogP contribution in [-0.2, 0) is 14.1 Å². The van der Waals surface area contributed by atoms with E-state index in [0.29, 0.717) is 33.5 Å². The lowest BCUT2D eigenvalue weighted by Gasteiger charge is -2.11. The zero-order valence-electron chi connectivity index (χ0n) is 17.8. The van der Waals surface area contributed by atoms with Crippen molar-refractivity contribution in [3.05, 3.63) is 93.4 Å². The minimum atomic E-state index is -0.483. The van der Waals surface area contributed by atoms with E-state index in [9.17, 15) is 14.4 Å². The summed E-state index contributed by atoms with van der Waals surface area (Å²) in [5.74, 6) is -0.381. The van der Waals surface area contributed by atoms with Crippen molar-refractivity contribution in [3.8, 4) is 11.4 Å². The van der Waals surface area contributed by atoms with Gasteiger partial charge in [-0.05, 0) is 30.3 Å². The number of carbonyl (C=O) groups is 1. The lowest BCUT2D eigenvalue weighted by atomic mass is 10.1. The number of amides is 1. The van der Waals surface area contributed by atoms with E-state index in [0.717, 1.165) is 4.57 Å². The van der Waals surface area contributed by atoms with E-state index in [1.54, 1.807) is 12.3 Å². The summed E-state index contributed by atoms with van der Waals surface area (Å²) in [5, 5.41) is 3.73. The molecule has 1 aromatic carbocycles. The number of carbonyl (C=O) groups excluding carboxylic acids is 1. The molecule has 1 amide bonds. The van der Waals surface area contributed by atoms with Crippen LogP contribution in [-0.4, -0.2) is 30.0 Å². The average Bonchev–Trinajstić information content (AvgIpc) is 2.86. The maximum Gasteiger partial charge on any atom is 0.332 e. The van der Waals surface area contributed by atoms with Crippen LogP contribution in [0.5, 0.6) is 0 Å². The first kappa shape index (κ1) is 20.3. The standard InChI is InChI=1S/C24H18N6O3/c1-29-21-17(23(32)30(2)24(29)33)11-14(13-26-21)27-22(31)16-12-20(19-9-5-6-10-25-19)28-18-8-4-3-7-15(16)18/h3-13H,1-2H3,(H,27,31). The number of aromatic nitrogens is 5. The van der Waals surface area contributed by atoms with Crippen molar-refractivity contribution >= 4 is 33.5 Å². The molecule has 9 heteroatoms. The number of nitrogens with zero attached hydrogens (tertiary/aromatic N) is 5. The summed E-state index contributed by atoms with van der Waals surface area (Å²) in [6.45, 7) is 0. The molecular formula is C24H18N6O3. The van der Waals surface area contributed by atoms with Crippen LogP contribution < -0.4 is 16.6 Å². The van der Waals surface area contributed by atoms with Crippen LogP contribution in [0.1, 0.15) is 10.4 Å². The SMILES string of the molecule is Cn1c(=O)c2cc(NC(=O)c3cc(-c4ccccn4)nc4ccccc34)cnc2n(C)c1=O. The number of nitrogens with one attached hydrogen (secondary N) is 1. The summed E-state index contributed by atoms with van der Waals surface area (Å²) in [5.41, 5.74) is 1.91. The molecule has 0 bridgehead atoms. The first-order valence-electron chi connectivity index (χ1n) is 10.1. The Morgan fingerprint density at radius 2 is 1.67 bits per heavy atom. The highest BCUT2D eigenvalue weighted by Crippen LogP contribution is 2.24. The molecule has 0 fully saturated rings. The molecule has 4 aromatic heterocycles. The number of hydrogen-bond acceptors (Lipinski definition) is 6. The molecule has 0 saturated heterocycles. The first-order valence-corrected chi connectivity index (χ1v) is 10.1. The molecule has 33 heavy (non-hydrogen) atoms. The Labute approximate surface area is 187 Å². The van der Waals surface area contributed by atoms with Crippen molar-refractivity contribution in [2.75, 3.05) is 5.32 Å². The fourth-order valence-electron chi connectivity index (χ4n) is 3.74. The number of aryl methyl sites for hydroxylation is 1. The van der Waals surface area contributed by atoms with E-state index in [4.69, 9.17) is 0 Å². The minimum Gasteiger partial charge on any atom is -0.321 e. The van der Waals surface area contributed by atoms with E-state index in [-0.39, 0.29) is 16.9 Å². The van der Waals surface area contributed by atoms with Crippen LogP contribution in [0.2, 0.25) is 0 Å². The van der Waals surface area contributed by atoms with Crippen LogP contribution in [0.4, 0.5) is 5.69 Å². The van der Waals surface area contributed by atoms with Crippen LogP contribution in [0, 0.1) is 0 Å². The zero-order chi connectivity index (χ0) is 23.1. The van der Waals surface area contributed by atoms with Crippen molar-refractivity contribution < 1.29 is 4.79 Å². The van der Waals surface area contributed by atoms with Crippen molar-refractivity contribution in [3.63, 3.8) is 0 Å². The van der Waals surface area contributed by atoms with Gasteiger partial charge >= 0.3 is 5.69 Å². The van der Waals surface area contributed by atoms with Gasteiger partial charge in [0.2, 0.25) is 0 Å². The molecule has 0 unspecified atom stereocenters. The van der Waals surface area contributed by atoms with Gasteiger partial charge in [0.1, 0.15) is 5.65 Å². The average molecular weight is 438 g/mol. The summed E-state index contributed by atoms with van der Waals surface area (Å²) in [6, 6.07) is 16.0. The van der Waals surface area contributed by atoms with Crippen LogP contribution in [0.15, 0.2) is 76.6 Å². The molecule has 0 saturated carbocycles. The van der Waals surface area contributed by atoms with Gasteiger partial charge < -0.3 is 5.32 Å². The van der Waals surface area contributed by atoms with Gasteiger partial charge in [-0.2, -0.15) is 0 Å². The number of rotatable bonds is 3. The van der Waals surface area contributed by atoms with Gasteiger partial charge in [-0.15, -0.1) is 0 Å². The highest BCUT2D eigenvalue weighted by molar-refractivity contribution is 6.13. The topological polar surface area (TPSA) is 112 Å². The Balaban J connectivity index is 1.60. The Hall–Kier alpha value is -4.66. The van der Waals surface area contributed by atoms with Gasteiger partial charge in [-0.1, -0.05) is 24.3 Å². The molecule has 9 nitrogen and oxygen atoms in total. The van der Waals surface area contributed by atoms with E-state index in [1.807, 2.05) is 42.5 Å². The summed E-state index contributed by atoms with van der Waals surface area (Å²) in [4.78, 5) is 51.2. The number of hydrogen-bond donors (Lipinski definition) is 1. The number of anilines is 1. The predicted molar refractivity (Wildman–Crippen MR) is 125 cm³/mol. The molecule has 0 aliphatic heterocycles. The Kier molecular flexibility index (Phi) is 4.78. The molecule has 1 N–H and O–H groups in total. The fraction of sp³-hybridized carbons (Fsp3) is 0.0833. The number of benzene rings is 1. The van der Waals surface area contributed by atoms with Gasteiger partial charge in [-0.3, -0.25) is 23.7 Å². The third-order valence-electron chi connectivity index (χ3n) is 5.44. The summed E-state index contributed by atoms with van der Waals surface area (Å²) >= 11 is 0. The van der Waals surface area contributed by atoms with Crippen LogP contribution in [0.3, 0.4) is 0 Å². The molecule has 0 aliphatic rings. The van der Waals surface area contributed by atoms with Gasteiger partial charge in [0.15, 0.2) is 0 Å². The smallest absolute Gasteiger partial charge is 0.321 e. The molecular weight excluding hydrogens is 420 g/mol. The Bertz CT molecular complexity index is 1670. The van der Waals surface area contributed by atoms with Gasteiger partial charge in [-0.25, -0.2) is 14.8 Å². The summed E-state index contributed by atoms with van der Waals surface area (Å²) in [6.07, 6.45) is 3.09. The molecule has 4 heterocycles. The fourth-order valence-corrected chi connectivity index (χ4v) is 3.74. The summed E-state index contributed by atoms with van der Waals surface area (Å²) < 4.78 is 2.29. The van der Waals surface area contributed by atoms with Gasteiger partial charge in [0.25, 0.3) is 11.5 Å². The summed E-state index contributed by atoms with van der Waals surface area (Å²) in [7, 11) is 2.94. The van der Waals surface area contributed by atoms with E-state index >= 15 is 0 Å². The van der Waals surface area contributed by atoms with E-state index in [1.165, 1.54) is 30.9 Å². The lowest BCUT2D eigenvalue weighted by molar-refractivity contribution is 0.102. The molecule has 5 aromatic rings. The van der Waals surface area contributed by atoms with Crippen molar-refractivity contribution in [1.82, 2.24) is 24.1 Å². The third-order valence-corrected chi connectivity index (χ3v) is 5.44.